The number of rotatable bonds is 4. The molecule has 0 radical (unpaired) electrons. The second-order valence-electron chi connectivity index (χ2n) is 5.26. The van der Waals surface area contributed by atoms with Crippen LogP contribution in [0.15, 0.2) is 0 Å². The van der Waals surface area contributed by atoms with Gasteiger partial charge in [-0.1, -0.05) is 0 Å². The lowest BCUT2D eigenvalue weighted by Gasteiger charge is -2.25. The van der Waals surface area contributed by atoms with Crippen LogP contribution in [-0.2, 0) is 4.79 Å². The fourth-order valence-electron chi connectivity index (χ4n) is 2.09. The van der Waals surface area contributed by atoms with E-state index in [-0.39, 0.29) is 11.9 Å². The molecule has 1 heterocycles. The Morgan fingerprint density at radius 3 is 2.62 bits per heavy atom. The first-order valence-electron chi connectivity index (χ1n) is 6.16. The van der Waals surface area contributed by atoms with E-state index in [2.05, 4.69) is 25.8 Å². The van der Waals surface area contributed by atoms with Crippen molar-refractivity contribution in [3.05, 3.63) is 0 Å². The van der Waals surface area contributed by atoms with E-state index in [1.54, 1.807) is 6.92 Å². The highest BCUT2D eigenvalue weighted by Gasteiger charge is 2.28. The van der Waals surface area contributed by atoms with E-state index in [1.807, 2.05) is 4.90 Å². The standard InChI is InChI=1S/C12H25N3O/c1-9(2)14(4)7-11-5-6-15(8-11)12(16)10(3)13/h9-11H,5-8,13H2,1-4H3/t10-,11+/m0/s1. The molecule has 4 heteroatoms. The third-order valence-electron chi connectivity index (χ3n) is 3.41. The molecule has 16 heavy (non-hydrogen) atoms. The molecule has 0 spiro atoms. The lowest BCUT2D eigenvalue weighted by molar-refractivity contribution is -0.131. The van der Waals surface area contributed by atoms with Gasteiger partial charge in [-0.2, -0.15) is 0 Å². The molecule has 0 aromatic carbocycles. The van der Waals surface area contributed by atoms with Crippen molar-refractivity contribution in [3.8, 4) is 0 Å². The van der Waals surface area contributed by atoms with Crippen LogP contribution < -0.4 is 5.73 Å². The van der Waals surface area contributed by atoms with Crippen LogP contribution in [0.4, 0.5) is 0 Å². The Balaban J connectivity index is 2.38. The second kappa shape index (κ2) is 5.64. The summed E-state index contributed by atoms with van der Waals surface area (Å²) in [6.07, 6.45) is 1.11. The summed E-state index contributed by atoms with van der Waals surface area (Å²) in [6, 6.07) is 0.208. The van der Waals surface area contributed by atoms with Crippen molar-refractivity contribution in [1.29, 1.82) is 0 Å². The summed E-state index contributed by atoms with van der Waals surface area (Å²) < 4.78 is 0. The Morgan fingerprint density at radius 2 is 2.12 bits per heavy atom. The highest BCUT2D eigenvalue weighted by atomic mass is 16.2. The largest absolute Gasteiger partial charge is 0.341 e. The van der Waals surface area contributed by atoms with Gasteiger partial charge >= 0.3 is 0 Å². The van der Waals surface area contributed by atoms with Gasteiger partial charge in [0.2, 0.25) is 5.91 Å². The van der Waals surface area contributed by atoms with Crippen molar-refractivity contribution >= 4 is 5.91 Å². The average molecular weight is 227 g/mol. The number of nitrogens with zero attached hydrogens (tertiary/aromatic N) is 2. The molecular weight excluding hydrogens is 202 g/mol. The molecule has 2 atom stereocenters. The van der Waals surface area contributed by atoms with Gasteiger partial charge in [0, 0.05) is 25.7 Å². The first kappa shape index (κ1) is 13.5. The van der Waals surface area contributed by atoms with Gasteiger partial charge in [-0.3, -0.25) is 4.79 Å². The lowest BCUT2D eigenvalue weighted by atomic mass is 10.1. The maximum Gasteiger partial charge on any atom is 0.239 e. The van der Waals surface area contributed by atoms with Gasteiger partial charge in [0.25, 0.3) is 0 Å². The molecule has 1 rings (SSSR count). The molecular formula is C12H25N3O. The lowest BCUT2D eigenvalue weighted by Crippen LogP contribution is -2.41. The van der Waals surface area contributed by atoms with E-state index in [0.29, 0.717) is 12.0 Å². The molecule has 0 unspecified atom stereocenters. The fraction of sp³-hybridized carbons (Fsp3) is 0.917. The van der Waals surface area contributed by atoms with Crippen molar-refractivity contribution in [2.75, 3.05) is 26.7 Å². The van der Waals surface area contributed by atoms with Crippen LogP contribution in [0.2, 0.25) is 0 Å². The van der Waals surface area contributed by atoms with Crippen molar-refractivity contribution in [3.63, 3.8) is 0 Å². The number of likely N-dealkylation sites (tertiary alicyclic amines) is 1. The maximum absolute atomic E-state index is 11.7. The number of carbonyl (C=O) groups is 1. The molecule has 1 saturated heterocycles. The van der Waals surface area contributed by atoms with E-state index < -0.39 is 0 Å². The summed E-state index contributed by atoms with van der Waals surface area (Å²) >= 11 is 0. The summed E-state index contributed by atoms with van der Waals surface area (Å²) in [4.78, 5) is 15.9. The predicted octanol–water partition coefficient (Wildman–Crippen LogP) is 0.522. The molecule has 0 aromatic rings. The van der Waals surface area contributed by atoms with Crippen LogP contribution >= 0.6 is 0 Å². The van der Waals surface area contributed by atoms with E-state index >= 15 is 0 Å². The fourth-order valence-corrected chi connectivity index (χ4v) is 2.09. The van der Waals surface area contributed by atoms with E-state index in [9.17, 15) is 4.79 Å². The minimum atomic E-state index is -0.360. The minimum absolute atomic E-state index is 0.0923. The Kier molecular flexibility index (Phi) is 4.74. The zero-order chi connectivity index (χ0) is 12.3. The number of hydrogen-bond donors (Lipinski definition) is 1. The molecule has 1 aliphatic heterocycles. The Labute approximate surface area is 98.8 Å². The minimum Gasteiger partial charge on any atom is -0.341 e. The molecule has 0 aliphatic carbocycles. The predicted molar refractivity (Wildman–Crippen MR) is 66.1 cm³/mol. The molecule has 0 aromatic heterocycles. The zero-order valence-electron chi connectivity index (χ0n) is 10.9. The third-order valence-corrected chi connectivity index (χ3v) is 3.41. The van der Waals surface area contributed by atoms with Gasteiger partial charge in [0.15, 0.2) is 0 Å². The average Bonchev–Trinajstić information content (AvgIpc) is 2.64. The first-order chi connectivity index (χ1) is 7.41. The van der Waals surface area contributed by atoms with Gasteiger partial charge in [0.05, 0.1) is 6.04 Å². The van der Waals surface area contributed by atoms with Crippen LogP contribution in [0, 0.1) is 5.92 Å². The SMILES string of the molecule is CC(C)N(C)C[C@H]1CCN(C(=O)[C@H](C)N)C1. The van der Waals surface area contributed by atoms with Crippen molar-refractivity contribution in [2.45, 2.75) is 39.3 Å². The zero-order valence-corrected chi connectivity index (χ0v) is 10.9. The quantitative estimate of drug-likeness (QED) is 0.762. The third kappa shape index (κ3) is 3.46. The van der Waals surface area contributed by atoms with E-state index in [1.165, 1.54) is 0 Å². The first-order valence-corrected chi connectivity index (χ1v) is 6.16. The molecule has 2 N–H and O–H groups in total. The van der Waals surface area contributed by atoms with Gasteiger partial charge in [0.1, 0.15) is 0 Å². The molecule has 4 nitrogen and oxygen atoms in total. The van der Waals surface area contributed by atoms with Crippen LogP contribution in [0.5, 0.6) is 0 Å². The second-order valence-corrected chi connectivity index (χ2v) is 5.26. The van der Waals surface area contributed by atoms with Crippen LogP contribution in [-0.4, -0.2) is 54.5 Å². The van der Waals surface area contributed by atoms with E-state index in [4.69, 9.17) is 5.73 Å². The number of amides is 1. The highest BCUT2D eigenvalue weighted by molar-refractivity contribution is 5.81. The molecule has 1 amide bonds. The van der Waals surface area contributed by atoms with Gasteiger partial charge < -0.3 is 15.5 Å². The van der Waals surface area contributed by atoms with Gasteiger partial charge in [-0.05, 0) is 40.2 Å². The van der Waals surface area contributed by atoms with Gasteiger partial charge in [-0.15, -0.1) is 0 Å². The smallest absolute Gasteiger partial charge is 0.239 e. The number of nitrogens with two attached hydrogens (primary N) is 1. The van der Waals surface area contributed by atoms with Crippen LogP contribution in [0.3, 0.4) is 0 Å². The summed E-state index contributed by atoms with van der Waals surface area (Å²) in [6.45, 7) is 8.96. The van der Waals surface area contributed by atoms with Crippen molar-refractivity contribution < 1.29 is 4.79 Å². The summed E-state index contributed by atoms with van der Waals surface area (Å²) in [5, 5.41) is 0. The number of carbonyl (C=O) groups excluding carboxylic acids is 1. The Morgan fingerprint density at radius 1 is 1.50 bits per heavy atom. The molecule has 0 bridgehead atoms. The van der Waals surface area contributed by atoms with Gasteiger partial charge in [-0.25, -0.2) is 0 Å². The van der Waals surface area contributed by atoms with E-state index in [0.717, 1.165) is 26.1 Å². The summed E-state index contributed by atoms with van der Waals surface area (Å²) in [5.41, 5.74) is 5.61. The van der Waals surface area contributed by atoms with Crippen LogP contribution in [0.1, 0.15) is 27.2 Å². The Bertz CT molecular complexity index is 240. The maximum atomic E-state index is 11.7. The van der Waals surface area contributed by atoms with Crippen molar-refractivity contribution in [2.24, 2.45) is 11.7 Å². The highest BCUT2D eigenvalue weighted by Crippen LogP contribution is 2.18. The van der Waals surface area contributed by atoms with Crippen LogP contribution in [0.25, 0.3) is 0 Å². The normalized spacial score (nSPS) is 23.2. The molecule has 1 fully saturated rings. The molecule has 94 valence electrons. The molecule has 0 saturated carbocycles. The summed E-state index contributed by atoms with van der Waals surface area (Å²) in [7, 11) is 2.14. The topological polar surface area (TPSA) is 49.6 Å². The van der Waals surface area contributed by atoms with Crippen molar-refractivity contribution in [1.82, 2.24) is 9.80 Å². The molecule has 1 aliphatic rings. The monoisotopic (exact) mass is 227 g/mol. The summed E-state index contributed by atoms with van der Waals surface area (Å²) in [5.74, 6) is 0.699. The Hall–Kier alpha value is -0.610. The number of hydrogen-bond acceptors (Lipinski definition) is 3.